The fourth-order valence-electron chi connectivity index (χ4n) is 2.08. The standard InChI is InChI=1S/C15H15IN2O5/c1-4-23-11-7-8(6-10(16)12(11)19)5-9-13(20)17(2)15(22)18(3)14(9)21/h5-7,19H,4H2,1-3H3. The number of likely N-dealkylation sites (N-methyl/N-ethyl adjacent to an activating group) is 2. The van der Waals surface area contributed by atoms with Gasteiger partial charge in [-0.1, -0.05) is 0 Å². The smallest absolute Gasteiger partial charge is 0.333 e. The quantitative estimate of drug-likeness (QED) is 0.449. The molecule has 0 aliphatic carbocycles. The van der Waals surface area contributed by atoms with Gasteiger partial charge < -0.3 is 9.84 Å². The van der Waals surface area contributed by atoms with E-state index in [1.54, 1.807) is 13.0 Å². The molecule has 8 heteroatoms. The van der Waals surface area contributed by atoms with Crippen molar-refractivity contribution in [3.63, 3.8) is 0 Å². The molecule has 1 fully saturated rings. The summed E-state index contributed by atoms with van der Waals surface area (Å²) in [5.74, 6) is -1.07. The Morgan fingerprint density at radius 2 is 1.74 bits per heavy atom. The SMILES string of the molecule is CCOc1cc(C=C2C(=O)N(C)C(=O)N(C)C2=O)cc(I)c1O. The Kier molecular flexibility index (Phi) is 4.93. The lowest BCUT2D eigenvalue weighted by molar-refractivity contribution is -0.134. The van der Waals surface area contributed by atoms with Crippen LogP contribution in [-0.2, 0) is 9.59 Å². The molecule has 1 aromatic carbocycles. The average molecular weight is 430 g/mol. The average Bonchev–Trinajstić information content (AvgIpc) is 2.52. The van der Waals surface area contributed by atoms with Gasteiger partial charge in [0.15, 0.2) is 11.5 Å². The predicted octanol–water partition coefficient (Wildman–Crippen LogP) is 1.83. The van der Waals surface area contributed by atoms with E-state index in [0.717, 1.165) is 9.80 Å². The van der Waals surface area contributed by atoms with Gasteiger partial charge in [0, 0.05) is 14.1 Å². The van der Waals surface area contributed by atoms with Crippen LogP contribution in [-0.4, -0.2) is 53.5 Å². The lowest BCUT2D eigenvalue weighted by atomic mass is 10.1. The third-order valence-electron chi connectivity index (χ3n) is 3.31. The van der Waals surface area contributed by atoms with Gasteiger partial charge in [-0.15, -0.1) is 0 Å². The second kappa shape index (κ2) is 6.57. The van der Waals surface area contributed by atoms with Crippen molar-refractivity contribution in [2.24, 2.45) is 0 Å². The van der Waals surface area contributed by atoms with Crippen molar-refractivity contribution in [2.75, 3.05) is 20.7 Å². The summed E-state index contributed by atoms with van der Waals surface area (Å²) >= 11 is 1.93. The van der Waals surface area contributed by atoms with E-state index < -0.39 is 17.8 Å². The molecule has 23 heavy (non-hydrogen) atoms. The van der Waals surface area contributed by atoms with E-state index in [1.165, 1.54) is 26.2 Å². The highest BCUT2D eigenvalue weighted by Gasteiger charge is 2.37. The number of carbonyl (C=O) groups is 3. The lowest BCUT2D eigenvalue weighted by Crippen LogP contribution is -2.52. The summed E-state index contributed by atoms with van der Waals surface area (Å²) in [7, 11) is 2.63. The molecule has 1 aliphatic rings. The summed E-state index contributed by atoms with van der Waals surface area (Å²) in [6, 6.07) is 2.47. The number of carbonyl (C=O) groups excluding carboxylic acids is 3. The number of hydrogen-bond donors (Lipinski definition) is 1. The van der Waals surface area contributed by atoms with Gasteiger partial charge in [0.1, 0.15) is 5.57 Å². The minimum Gasteiger partial charge on any atom is -0.504 e. The Balaban J connectivity index is 2.50. The van der Waals surface area contributed by atoms with E-state index in [0.29, 0.717) is 15.7 Å². The van der Waals surface area contributed by atoms with Crippen LogP contribution in [0.25, 0.3) is 6.08 Å². The highest BCUT2D eigenvalue weighted by Crippen LogP contribution is 2.33. The van der Waals surface area contributed by atoms with Crippen molar-refractivity contribution in [1.82, 2.24) is 9.80 Å². The van der Waals surface area contributed by atoms with Gasteiger partial charge in [0.05, 0.1) is 10.2 Å². The first-order valence-corrected chi connectivity index (χ1v) is 7.82. The Bertz CT molecular complexity index is 703. The van der Waals surface area contributed by atoms with Gasteiger partial charge >= 0.3 is 6.03 Å². The zero-order chi connectivity index (χ0) is 17.3. The molecule has 0 bridgehead atoms. The van der Waals surface area contributed by atoms with E-state index in [9.17, 15) is 19.5 Å². The van der Waals surface area contributed by atoms with Crippen LogP contribution in [0.15, 0.2) is 17.7 Å². The normalized spacial score (nSPS) is 15.3. The molecule has 0 unspecified atom stereocenters. The molecule has 0 spiro atoms. The summed E-state index contributed by atoms with van der Waals surface area (Å²) < 4.78 is 5.85. The molecule has 1 heterocycles. The zero-order valence-electron chi connectivity index (χ0n) is 12.8. The van der Waals surface area contributed by atoms with E-state index in [4.69, 9.17) is 4.74 Å². The van der Waals surface area contributed by atoms with E-state index in [-0.39, 0.29) is 17.1 Å². The summed E-state index contributed by atoms with van der Waals surface area (Å²) in [5.41, 5.74) is 0.391. The summed E-state index contributed by atoms with van der Waals surface area (Å²) in [6.45, 7) is 2.14. The van der Waals surface area contributed by atoms with Crippen LogP contribution in [0.3, 0.4) is 0 Å². The molecular formula is C15H15IN2O5. The van der Waals surface area contributed by atoms with Crippen molar-refractivity contribution < 1.29 is 24.2 Å². The Hall–Kier alpha value is -2.10. The molecule has 4 amide bonds. The molecular weight excluding hydrogens is 415 g/mol. The number of phenolic OH excluding ortho intramolecular Hbond substituents is 1. The van der Waals surface area contributed by atoms with Gasteiger partial charge in [0.2, 0.25) is 0 Å². The summed E-state index contributed by atoms with van der Waals surface area (Å²) in [6.07, 6.45) is 1.38. The molecule has 1 aromatic rings. The number of aromatic hydroxyl groups is 1. The molecule has 0 radical (unpaired) electrons. The molecule has 122 valence electrons. The van der Waals surface area contributed by atoms with Crippen LogP contribution in [0.4, 0.5) is 4.79 Å². The largest absolute Gasteiger partial charge is 0.504 e. The topological polar surface area (TPSA) is 87.2 Å². The minimum atomic E-state index is -0.674. The Morgan fingerprint density at radius 3 is 2.26 bits per heavy atom. The van der Waals surface area contributed by atoms with Crippen molar-refractivity contribution >= 4 is 46.5 Å². The number of urea groups is 1. The number of barbiturate groups is 1. The first-order chi connectivity index (χ1) is 10.8. The molecule has 0 atom stereocenters. The predicted molar refractivity (Wildman–Crippen MR) is 90.9 cm³/mol. The van der Waals surface area contributed by atoms with Gasteiger partial charge in [-0.05, 0) is 53.3 Å². The molecule has 1 aliphatic heterocycles. The van der Waals surface area contributed by atoms with Gasteiger partial charge in [-0.25, -0.2) is 4.79 Å². The van der Waals surface area contributed by atoms with E-state index in [2.05, 4.69) is 0 Å². The number of ether oxygens (including phenoxy) is 1. The van der Waals surface area contributed by atoms with Crippen molar-refractivity contribution in [3.8, 4) is 11.5 Å². The minimum absolute atomic E-state index is 0.000288. The number of rotatable bonds is 3. The zero-order valence-corrected chi connectivity index (χ0v) is 14.9. The number of halogens is 1. The highest BCUT2D eigenvalue weighted by molar-refractivity contribution is 14.1. The molecule has 0 saturated carbocycles. The molecule has 7 nitrogen and oxygen atoms in total. The van der Waals surface area contributed by atoms with Crippen LogP contribution in [0.1, 0.15) is 12.5 Å². The number of hydrogen-bond acceptors (Lipinski definition) is 5. The first-order valence-electron chi connectivity index (χ1n) is 6.75. The van der Waals surface area contributed by atoms with E-state index in [1.807, 2.05) is 22.6 Å². The van der Waals surface area contributed by atoms with Gasteiger partial charge in [-0.3, -0.25) is 19.4 Å². The molecule has 1 saturated heterocycles. The van der Waals surface area contributed by atoms with Crippen molar-refractivity contribution in [3.05, 3.63) is 26.8 Å². The van der Waals surface area contributed by atoms with Gasteiger partial charge in [-0.2, -0.15) is 0 Å². The van der Waals surface area contributed by atoms with Crippen LogP contribution in [0.5, 0.6) is 11.5 Å². The Morgan fingerprint density at radius 1 is 1.17 bits per heavy atom. The molecule has 0 aromatic heterocycles. The fourth-order valence-corrected chi connectivity index (χ4v) is 2.71. The summed E-state index contributed by atoms with van der Waals surface area (Å²) in [5, 5.41) is 9.93. The highest BCUT2D eigenvalue weighted by atomic mass is 127. The van der Waals surface area contributed by atoms with Crippen molar-refractivity contribution in [1.29, 1.82) is 0 Å². The number of phenols is 1. The lowest BCUT2D eigenvalue weighted by Gasteiger charge is -2.28. The van der Waals surface area contributed by atoms with Crippen LogP contribution in [0.2, 0.25) is 0 Å². The Labute approximate surface area is 146 Å². The van der Waals surface area contributed by atoms with E-state index >= 15 is 0 Å². The second-order valence-corrected chi connectivity index (χ2v) is 6.01. The van der Waals surface area contributed by atoms with Crippen molar-refractivity contribution in [2.45, 2.75) is 6.92 Å². The first kappa shape index (κ1) is 17.3. The number of amides is 4. The van der Waals surface area contributed by atoms with Crippen LogP contribution in [0, 0.1) is 3.57 Å². The number of nitrogens with zero attached hydrogens (tertiary/aromatic N) is 2. The summed E-state index contributed by atoms with van der Waals surface area (Å²) in [4.78, 5) is 37.8. The third-order valence-corrected chi connectivity index (χ3v) is 4.13. The maximum Gasteiger partial charge on any atom is 0.333 e. The maximum absolute atomic E-state index is 12.2. The third kappa shape index (κ3) is 3.16. The second-order valence-electron chi connectivity index (χ2n) is 4.85. The van der Waals surface area contributed by atoms with Crippen LogP contribution >= 0.6 is 22.6 Å². The van der Waals surface area contributed by atoms with Gasteiger partial charge in [0.25, 0.3) is 11.8 Å². The monoisotopic (exact) mass is 430 g/mol. The fraction of sp³-hybridized carbons (Fsp3) is 0.267. The van der Waals surface area contributed by atoms with Crippen LogP contribution < -0.4 is 4.74 Å². The molecule has 1 N–H and O–H groups in total. The molecule has 2 rings (SSSR count). The number of benzene rings is 1. The maximum atomic E-state index is 12.2. The number of imide groups is 2.